The molecule has 0 aromatic carbocycles. The minimum atomic E-state index is -1.42. The standard InChI is InChI=1S/C8H17NO6/c1-3(10)14-8-7(13)6(12)5(11)4(2-9)15-8/h3-8,10-13H,2,9H2,1H3/t3-,4?,5-,6?,7?,8+/m1/s1. The first kappa shape index (κ1) is 12.8. The highest BCUT2D eigenvalue weighted by Crippen LogP contribution is 2.22. The van der Waals surface area contributed by atoms with Crippen LogP contribution in [0.4, 0.5) is 0 Å². The maximum Gasteiger partial charge on any atom is 0.189 e. The van der Waals surface area contributed by atoms with E-state index in [1.165, 1.54) is 6.92 Å². The summed E-state index contributed by atoms with van der Waals surface area (Å²) in [5, 5.41) is 37.3. The van der Waals surface area contributed by atoms with E-state index in [1.54, 1.807) is 0 Å². The second-order valence-electron chi connectivity index (χ2n) is 3.49. The fourth-order valence-electron chi connectivity index (χ4n) is 1.42. The van der Waals surface area contributed by atoms with Gasteiger partial charge < -0.3 is 35.6 Å². The molecular formula is C8H17NO6. The molecule has 90 valence electrons. The maximum atomic E-state index is 9.46. The molecule has 0 aromatic heterocycles. The zero-order chi connectivity index (χ0) is 11.6. The number of rotatable bonds is 3. The molecule has 1 aliphatic rings. The van der Waals surface area contributed by atoms with E-state index in [2.05, 4.69) is 0 Å². The molecule has 1 saturated heterocycles. The fourth-order valence-corrected chi connectivity index (χ4v) is 1.42. The molecule has 1 rings (SSSR count). The van der Waals surface area contributed by atoms with E-state index in [-0.39, 0.29) is 6.54 Å². The van der Waals surface area contributed by atoms with Crippen molar-refractivity contribution in [3.05, 3.63) is 0 Å². The molecule has 7 nitrogen and oxygen atoms in total. The largest absolute Gasteiger partial charge is 0.388 e. The Hall–Kier alpha value is -0.280. The van der Waals surface area contributed by atoms with Crippen molar-refractivity contribution < 1.29 is 29.9 Å². The number of ether oxygens (including phenoxy) is 2. The summed E-state index contributed by atoms with van der Waals surface area (Å²) in [6.07, 6.45) is -7.26. The molecule has 1 fully saturated rings. The highest BCUT2D eigenvalue weighted by atomic mass is 16.7. The summed E-state index contributed by atoms with van der Waals surface area (Å²) >= 11 is 0. The first-order valence-corrected chi connectivity index (χ1v) is 4.70. The molecule has 6 atom stereocenters. The van der Waals surface area contributed by atoms with E-state index in [0.717, 1.165) is 0 Å². The third kappa shape index (κ3) is 2.85. The Labute approximate surface area is 87.0 Å². The van der Waals surface area contributed by atoms with Gasteiger partial charge in [-0.1, -0.05) is 0 Å². The summed E-state index contributed by atoms with van der Waals surface area (Å²) in [6.45, 7) is 1.32. The molecule has 0 saturated carbocycles. The summed E-state index contributed by atoms with van der Waals surface area (Å²) in [5.41, 5.74) is 5.30. The lowest BCUT2D eigenvalue weighted by Gasteiger charge is -2.40. The van der Waals surface area contributed by atoms with E-state index < -0.39 is 37.0 Å². The Morgan fingerprint density at radius 2 is 1.87 bits per heavy atom. The molecule has 0 radical (unpaired) electrons. The van der Waals surface area contributed by atoms with E-state index in [4.69, 9.17) is 20.3 Å². The highest BCUT2D eigenvalue weighted by molar-refractivity contribution is 4.89. The van der Waals surface area contributed by atoms with Crippen molar-refractivity contribution in [1.29, 1.82) is 0 Å². The van der Waals surface area contributed by atoms with Gasteiger partial charge in [-0.05, 0) is 6.92 Å². The molecular weight excluding hydrogens is 206 g/mol. The van der Waals surface area contributed by atoms with Gasteiger partial charge in [-0.2, -0.15) is 0 Å². The lowest BCUT2D eigenvalue weighted by molar-refractivity contribution is -0.323. The average molecular weight is 223 g/mol. The van der Waals surface area contributed by atoms with Gasteiger partial charge in [-0.25, -0.2) is 0 Å². The minimum absolute atomic E-state index is 0.0232. The number of nitrogens with two attached hydrogens (primary N) is 1. The first-order chi connectivity index (χ1) is 6.97. The third-order valence-electron chi connectivity index (χ3n) is 2.23. The van der Waals surface area contributed by atoms with Gasteiger partial charge in [0, 0.05) is 6.54 Å². The van der Waals surface area contributed by atoms with Crippen LogP contribution in [0.15, 0.2) is 0 Å². The predicted octanol–water partition coefficient (Wildman–Crippen LogP) is -2.89. The van der Waals surface area contributed by atoms with E-state index in [1.807, 2.05) is 0 Å². The van der Waals surface area contributed by atoms with Crippen LogP contribution in [0.1, 0.15) is 6.92 Å². The molecule has 7 heteroatoms. The second-order valence-corrected chi connectivity index (χ2v) is 3.49. The lowest BCUT2D eigenvalue weighted by Crippen LogP contribution is -2.60. The monoisotopic (exact) mass is 223 g/mol. The third-order valence-corrected chi connectivity index (χ3v) is 2.23. The van der Waals surface area contributed by atoms with Crippen LogP contribution in [-0.2, 0) is 9.47 Å². The smallest absolute Gasteiger partial charge is 0.189 e. The number of aliphatic hydroxyl groups excluding tert-OH is 4. The average Bonchev–Trinajstić information content (AvgIpc) is 2.18. The van der Waals surface area contributed by atoms with Crippen molar-refractivity contribution in [1.82, 2.24) is 0 Å². The second kappa shape index (κ2) is 5.17. The van der Waals surface area contributed by atoms with Gasteiger partial charge in [0.05, 0.1) is 0 Å². The predicted molar refractivity (Wildman–Crippen MR) is 48.5 cm³/mol. The fraction of sp³-hybridized carbons (Fsp3) is 1.00. The lowest BCUT2D eigenvalue weighted by atomic mass is 9.99. The Morgan fingerprint density at radius 3 is 2.33 bits per heavy atom. The van der Waals surface area contributed by atoms with Crippen LogP contribution in [0.25, 0.3) is 0 Å². The molecule has 0 aromatic rings. The maximum absolute atomic E-state index is 9.46. The number of hydrogen-bond acceptors (Lipinski definition) is 7. The zero-order valence-electron chi connectivity index (χ0n) is 8.35. The van der Waals surface area contributed by atoms with E-state index in [9.17, 15) is 15.3 Å². The van der Waals surface area contributed by atoms with Crippen molar-refractivity contribution in [3.63, 3.8) is 0 Å². The van der Waals surface area contributed by atoms with Crippen LogP contribution < -0.4 is 5.73 Å². The van der Waals surface area contributed by atoms with Crippen LogP contribution in [0.5, 0.6) is 0 Å². The van der Waals surface area contributed by atoms with Crippen LogP contribution in [0.2, 0.25) is 0 Å². The Kier molecular flexibility index (Phi) is 4.41. The highest BCUT2D eigenvalue weighted by Gasteiger charge is 2.44. The molecule has 6 N–H and O–H groups in total. The van der Waals surface area contributed by atoms with Crippen molar-refractivity contribution in [2.45, 2.75) is 43.9 Å². The number of aliphatic hydroxyl groups is 4. The summed E-state index contributed by atoms with van der Waals surface area (Å²) in [6, 6.07) is 0. The van der Waals surface area contributed by atoms with E-state index >= 15 is 0 Å². The molecule has 0 amide bonds. The molecule has 0 aliphatic carbocycles. The molecule has 15 heavy (non-hydrogen) atoms. The van der Waals surface area contributed by atoms with Crippen LogP contribution in [-0.4, -0.2) is 64.0 Å². The molecule has 3 unspecified atom stereocenters. The molecule has 0 spiro atoms. The molecule has 0 bridgehead atoms. The SMILES string of the molecule is C[C@H](O)O[C@H]1OC(CN)[C@@H](O)C(O)C1O. The summed E-state index contributed by atoms with van der Waals surface area (Å²) in [4.78, 5) is 0. The van der Waals surface area contributed by atoms with Crippen molar-refractivity contribution in [2.24, 2.45) is 5.73 Å². The first-order valence-electron chi connectivity index (χ1n) is 4.70. The molecule has 1 heterocycles. The summed E-state index contributed by atoms with van der Waals surface area (Å²) in [7, 11) is 0. The van der Waals surface area contributed by atoms with Crippen LogP contribution in [0, 0.1) is 0 Å². The quantitative estimate of drug-likeness (QED) is 0.325. The van der Waals surface area contributed by atoms with E-state index in [0.29, 0.717) is 0 Å². The topological polar surface area (TPSA) is 125 Å². The van der Waals surface area contributed by atoms with Crippen molar-refractivity contribution >= 4 is 0 Å². The van der Waals surface area contributed by atoms with Gasteiger partial charge >= 0.3 is 0 Å². The van der Waals surface area contributed by atoms with Gasteiger partial charge in [-0.15, -0.1) is 0 Å². The Balaban J connectivity index is 2.65. The summed E-state index contributed by atoms with van der Waals surface area (Å²) < 4.78 is 9.89. The van der Waals surface area contributed by atoms with Gasteiger partial charge in [0.15, 0.2) is 12.6 Å². The molecule has 1 aliphatic heterocycles. The van der Waals surface area contributed by atoms with Crippen LogP contribution in [0.3, 0.4) is 0 Å². The van der Waals surface area contributed by atoms with Crippen molar-refractivity contribution in [3.8, 4) is 0 Å². The Bertz CT molecular complexity index is 200. The Morgan fingerprint density at radius 1 is 1.27 bits per heavy atom. The van der Waals surface area contributed by atoms with Gasteiger partial charge in [0.1, 0.15) is 24.4 Å². The van der Waals surface area contributed by atoms with Gasteiger partial charge in [0.2, 0.25) is 0 Å². The summed E-state index contributed by atoms with van der Waals surface area (Å²) in [5.74, 6) is 0. The van der Waals surface area contributed by atoms with Gasteiger partial charge in [-0.3, -0.25) is 0 Å². The minimum Gasteiger partial charge on any atom is -0.388 e. The van der Waals surface area contributed by atoms with Crippen molar-refractivity contribution in [2.75, 3.05) is 6.54 Å². The van der Waals surface area contributed by atoms with Crippen LogP contribution >= 0.6 is 0 Å². The normalized spacial score (nSPS) is 44.0. The van der Waals surface area contributed by atoms with Gasteiger partial charge in [0.25, 0.3) is 0 Å². The zero-order valence-corrected chi connectivity index (χ0v) is 8.35. The number of hydrogen-bond donors (Lipinski definition) is 5.